The fourth-order valence-electron chi connectivity index (χ4n) is 1.58. The summed E-state index contributed by atoms with van der Waals surface area (Å²) in [6.07, 6.45) is 0. The van der Waals surface area contributed by atoms with Gasteiger partial charge in [-0.25, -0.2) is 4.79 Å². The summed E-state index contributed by atoms with van der Waals surface area (Å²) in [6.45, 7) is 0. The summed E-state index contributed by atoms with van der Waals surface area (Å²) >= 11 is 0. The molecule has 102 valence electrons. The smallest absolute Gasteiger partial charge is 0.339 e. The molecule has 0 fully saturated rings. The van der Waals surface area contributed by atoms with Gasteiger partial charge in [-0.3, -0.25) is 0 Å². The van der Waals surface area contributed by atoms with E-state index in [4.69, 9.17) is 9.84 Å². The number of benzene rings is 2. The Hall–Kier alpha value is -2.89. The van der Waals surface area contributed by atoms with Crippen molar-refractivity contribution in [1.29, 1.82) is 0 Å². The van der Waals surface area contributed by atoms with Gasteiger partial charge in [0, 0.05) is 0 Å². The van der Waals surface area contributed by atoms with Gasteiger partial charge in [-0.1, -0.05) is 12.1 Å². The zero-order valence-electron chi connectivity index (χ0n) is 10.6. The number of azo groups is 1. The van der Waals surface area contributed by atoms with E-state index in [1.165, 1.54) is 25.3 Å². The highest BCUT2D eigenvalue weighted by molar-refractivity contribution is 5.91. The van der Waals surface area contributed by atoms with Crippen molar-refractivity contribution in [2.45, 2.75) is 0 Å². The highest BCUT2D eigenvalue weighted by Crippen LogP contribution is 2.29. The molecule has 0 saturated carbocycles. The van der Waals surface area contributed by atoms with Crippen molar-refractivity contribution in [3.8, 4) is 11.5 Å². The van der Waals surface area contributed by atoms with E-state index < -0.39 is 5.97 Å². The van der Waals surface area contributed by atoms with Crippen LogP contribution in [0, 0.1) is 0 Å². The Bertz CT molecular complexity index is 668. The normalized spacial score (nSPS) is 10.7. The largest absolute Gasteiger partial charge is 0.507 e. The summed E-state index contributed by atoms with van der Waals surface area (Å²) in [5.41, 5.74) is 0.632. The van der Waals surface area contributed by atoms with Gasteiger partial charge in [0.05, 0.1) is 12.8 Å². The Morgan fingerprint density at radius 2 is 1.90 bits per heavy atom. The molecule has 0 unspecified atom stereocenters. The summed E-state index contributed by atoms with van der Waals surface area (Å²) in [6, 6.07) is 11.0. The second-order valence-corrected chi connectivity index (χ2v) is 3.88. The van der Waals surface area contributed by atoms with E-state index in [0.29, 0.717) is 17.1 Å². The fraction of sp³-hybridized carbons (Fsp3) is 0.0714. The summed E-state index contributed by atoms with van der Waals surface area (Å²) in [5.74, 6) is -0.973. The topological polar surface area (TPSA) is 91.5 Å². The number of methoxy groups -OCH3 is 1. The number of carboxylic acids is 1. The number of para-hydroxylation sites is 1. The lowest BCUT2D eigenvalue weighted by Crippen LogP contribution is -1.95. The SMILES string of the molecule is COc1ccccc1N=Nc1ccc(O)c(C(=O)O)c1. The number of carbonyl (C=O) groups is 1. The first-order chi connectivity index (χ1) is 9.61. The number of aromatic hydroxyl groups is 1. The quantitative estimate of drug-likeness (QED) is 0.833. The molecular formula is C14H12N2O4. The van der Waals surface area contributed by atoms with Crippen LogP contribution in [0.4, 0.5) is 11.4 Å². The first kappa shape index (κ1) is 13.5. The fourth-order valence-corrected chi connectivity index (χ4v) is 1.58. The number of ether oxygens (including phenoxy) is 1. The number of hydrogen-bond acceptors (Lipinski definition) is 5. The van der Waals surface area contributed by atoms with E-state index in [0.717, 1.165) is 0 Å². The van der Waals surface area contributed by atoms with Gasteiger partial charge in [0.15, 0.2) is 0 Å². The Kier molecular flexibility index (Phi) is 3.95. The third kappa shape index (κ3) is 2.92. The van der Waals surface area contributed by atoms with Crippen LogP contribution in [0.3, 0.4) is 0 Å². The monoisotopic (exact) mass is 272 g/mol. The second-order valence-electron chi connectivity index (χ2n) is 3.88. The molecule has 2 aromatic rings. The molecule has 0 saturated heterocycles. The summed E-state index contributed by atoms with van der Waals surface area (Å²) in [4.78, 5) is 10.9. The van der Waals surface area contributed by atoms with Gasteiger partial charge in [-0.05, 0) is 30.3 Å². The van der Waals surface area contributed by atoms with E-state index in [1.807, 2.05) is 0 Å². The first-order valence-electron chi connectivity index (χ1n) is 5.73. The minimum absolute atomic E-state index is 0.221. The van der Waals surface area contributed by atoms with Crippen LogP contribution >= 0.6 is 0 Å². The molecule has 0 radical (unpaired) electrons. The molecule has 0 aliphatic rings. The molecule has 2 aromatic carbocycles. The Balaban J connectivity index is 2.32. The molecule has 6 heteroatoms. The lowest BCUT2D eigenvalue weighted by Gasteiger charge is -2.02. The first-order valence-corrected chi connectivity index (χ1v) is 5.73. The summed E-state index contributed by atoms with van der Waals surface area (Å²) in [5, 5.41) is 26.2. The van der Waals surface area contributed by atoms with Crippen molar-refractivity contribution < 1.29 is 19.7 Å². The number of rotatable bonds is 4. The maximum Gasteiger partial charge on any atom is 0.339 e. The van der Waals surface area contributed by atoms with Gasteiger partial charge in [0.2, 0.25) is 0 Å². The molecule has 0 heterocycles. The molecule has 2 rings (SSSR count). The highest BCUT2D eigenvalue weighted by Gasteiger charge is 2.10. The maximum absolute atomic E-state index is 10.9. The van der Waals surface area contributed by atoms with E-state index in [2.05, 4.69) is 10.2 Å². The van der Waals surface area contributed by atoms with Crippen LogP contribution in [0.15, 0.2) is 52.7 Å². The van der Waals surface area contributed by atoms with Crippen LogP contribution in [0.5, 0.6) is 11.5 Å². The average molecular weight is 272 g/mol. The van der Waals surface area contributed by atoms with E-state index in [-0.39, 0.29) is 11.3 Å². The molecule has 2 N–H and O–H groups in total. The lowest BCUT2D eigenvalue weighted by molar-refractivity contribution is 0.0694. The van der Waals surface area contributed by atoms with Gasteiger partial charge in [0.1, 0.15) is 22.7 Å². The second kappa shape index (κ2) is 5.83. The number of hydrogen-bond donors (Lipinski definition) is 2. The van der Waals surface area contributed by atoms with E-state index in [9.17, 15) is 9.90 Å². The van der Waals surface area contributed by atoms with Gasteiger partial charge in [0.25, 0.3) is 0 Å². The number of phenols is 1. The van der Waals surface area contributed by atoms with Gasteiger partial charge >= 0.3 is 5.97 Å². The molecule has 0 aromatic heterocycles. The van der Waals surface area contributed by atoms with Crippen LogP contribution in [-0.2, 0) is 0 Å². The Labute approximate surface area is 115 Å². The zero-order chi connectivity index (χ0) is 14.5. The predicted molar refractivity (Wildman–Crippen MR) is 72.2 cm³/mol. The number of carboxylic acid groups (broad SMARTS) is 1. The minimum atomic E-state index is -1.23. The number of aromatic carboxylic acids is 1. The van der Waals surface area contributed by atoms with Crippen LogP contribution in [0.25, 0.3) is 0 Å². The maximum atomic E-state index is 10.9. The molecule has 6 nitrogen and oxygen atoms in total. The Morgan fingerprint density at radius 3 is 2.60 bits per heavy atom. The van der Waals surface area contributed by atoms with Crippen molar-refractivity contribution in [2.24, 2.45) is 10.2 Å². The zero-order valence-corrected chi connectivity index (χ0v) is 10.6. The Morgan fingerprint density at radius 1 is 1.15 bits per heavy atom. The van der Waals surface area contributed by atoms with E-state index >= 15 is 0 Å². The summed E-state index contributed by atoms with van der Waals surface area (Å²) < 4.78 is 5.13. The molecule has 0 spiro atoms. The standard InChI is InChI=1S/C14H12N2O4/c1-20-13-5-3-2-4-11(13)16-15-9-6-7-12(17)10(8-9)14(18)19/h2-8,17H,1H3,(H,18,19). The molecule has 0 bridgehead atoms. The van der Waals surface area contributed by atoms with Crippen molar-refractivity contribution >= 4 is 17.3 Å². The van der Waals surface area contributed by atoms with Gasteiger partial charge in [-0.15, -0.1) is 5.11 Å². The summed E-state index contributed by atoms with van der Waals surface area (Å²) in [7, 11) is 1.53. The van der Waals surface area contributed by atoms with Gasteiger partial charge < -0.3 is 14.9 Å². The average Bonchev–Trinajstić information content (AvgIpc) is 2.46. The van der Waals surface area contributed by atoms with E-state index in [1.54, 1.807) is 24.3 Å². The minimum Gasteiger partial charge on any atom is -0.507 e. The van der Waals surface area contributed by atoms with Crippen LogP contribution in [0.2, 0.25) is 0 Å². The highest BCUT2D eigenvalue weighted by atomic mass is 16.5. The van der Waals surface area contributed by atoms with Crippen molar-refractivity contribution in [3.63, 3.8) is 0 Å². The third-order valence-corrected chi connectivity index (χ3v) is 2.57. The van der Waals surface area contributed by atoms with Crippen molar-refractivity contribution in [1.82, 2.24) is 0 Å². The molecular weight excluding hydrogens is 260 g/mol. The van der Waals surface area contributed by atoms with Crippen molar-refractivity contribution in [2.75, 3.05) is 7.11 Å². The third-order valence-electron chi connectivity index (χ3n) is 2.57. The molecule has 0 atom stereocenters. The van der Waals surface area contributed by atoms with Crippen LogP contribution in [-0.4, -0.2) is 23.3 Å². The van der Waals surface area contributed by atoms with Gasteiger partial charge in [-0.2, -0.15) is 5.11 Å². The lowest BCUT2D eigenvalue weighted by atomic mass is 10.2. The van der Waals surface area contributed by atoms with Crippen LogP contribution < -0.4 is 4.74 Å². The molecule has 20 heavy (non-hydrogen) atoms. The molecule has 0 aliphatic carbocycles. The van der Waals surface area contributed by atoms with Crippen LogP contribution in [0.1, 0.15) is 10.4 Å². The molecule has 0 amide bonds. The van der Waals surface area contributed by atoms with Crippen molar-refractivity contribution in [3.05, 3.63) is 48.0 Å². The molecule has 0 aliphatic heterocycles. The number of nitrogens with zero attached hydrogens (tertiary/aromatic N) is 2. The predicted octanol–water partition coefficient (Wildman–Crippen LogP) is 3.51.